The van der Waals surface area contributed by atoms with E-state index in [0.29, 0.717) is 5.41 Å². The number of carboxylic acid groups (broad SMARTS) is 1. The number of carboxylic acids is 1. The van der Waals surface area contributed by atoms with Crippen LogP contribution in [0.4, 0.5) is 0 Å². The molecule has 0 spiro atoms. The Balaban J connectivity index is 0.000000379. The summed E-state index contributed by atoms with van der Waals surface area (Å²) < 4.78 is 0. The van der Waals surface area contributed by atoms with Crippen LogP contribution in [0.15, 0.2) is 12.2 Å². The molecule has 2 saturated heterocycles. The van der Waals surface area contributed by atoms with E-state index in [1.165, 1.54) is 52.2 Å². The van der Waals surface area contributed by atoms with E-state index in [1.54, 1.807) is 0 Å². The maximum absolute atomic E-state index is 9.60. The quantitative estimate of drug-likeness (QED) is 0.774. The Morgan fingerprint density at radius 2 is 1.57 bits per heavy atom. The molecule has 1 atom stereocenters. The summed E-state index contributed by atoms with van der Waals surface area (Å²) in [6.45, 7) is 20.6. The lowest BCUT2D eigenvalue weighted by Gasteiger charge is -2.59. The van der Waals surface area contributed by atoms with Crippen molar-refractivity contribution in [2.24, 2.45) is 11.3 Å². The number of nitrogens with zero attached hydrogens (tertiary/aromatic N) is 2. The van der Waals surface area contributed by atoms with Crippen molar-refractivity contribution >= 4 is 5.97 Å². The number of hydrogen-bond acceptors (Lipinski definition) is 3. The van der Waals surface area contributed by atoms with E-state index in [2.05, 4.69) is 51.2 Å². The van der Waals surface area contributed by atoms with Crippen molar-refractivity contribution in [1.82, 2.24) is 10.0 Å². The summed E-state index contributed by atoms with van der Waals surface area (Å²) in [5.41, 5.74) is 0.847. The third-order valence-corrected chi connectivity index (χ3v) is 6.27. The summed E-state index contributed by atoms with van der Waals surface area (Å²) in [5, 5.41) is 13.2. The van der Waals surface area contributed by atoms with Crippen molar-refractivity contribution in [2.45, 2.75) is 72.8 Å². The lowest BCUT2D eigenvalue weighted by molar-refractivity contribution is -0.186. The normalized spacial score (nSPS) is 27.7. The summed E-state index contributed by atoms with van der Waals surface area (Å²) in [5.74, 6) is -0.117. The predicted octanol–water partition coefficient (Wildman–Crippen LogP) is 4.18. The predicted molar refractivity (Wildman–Crippen MR) is 96.2 cm³/mol. The number of carbonyl (C=O) groups is 1. The average molecular weight is 325 g/mol. The molecule has 1 unspecified atom stereocenters. The Hall–Kier alpha value is -0.870. The van der Waals surface area contributed by atoms with Gasteiger partial charge in [-0.05, 0) is 51.4 Å². The number of hydrogen-bond donors (Lipinski definition) is 1. The molecular formula is C19H36N2O2. The van der Waals surface area contributed by atoms with E-state index in [-0.39, 0.29) is 11.1 Å². The summed E-state index contributed by atoms with van der Waals surface area (Å²) in [7, 11) is 0. The van der Waals surface area contributed by atoms with E-state index < -0.39 is 5.97 Å². The van der Waals surface area contributed by atoms with E-state index in [0.717, 1.165) is 5.92 Å². The fourth-order valence-electron chi connectivity index (χ4n) is 3.51. The molecule has 0 saturated carbocycles. The summed E-state index contributed by atoms with van der Waals surface area (Å²) in [6.07, 6.45) is 5.52. The van der Waals surface area contributed by atoms with Gasteiger partial charge in [0, 0.05) is 30.7 Å². The molecule has 4 nitrogen and oxygen atoms in total. The fraction of sp³-hybridized carbons (Fsp3) is 0.842. The zero-order chi connectivity index (χ0) is 17.8. The Morgan fingerprint density at radius 3 is 2.00 bits per heavy atom. The van der Waals surface area contributed by atoms with Gasteiger partial charge in [0.2, 0.25) is 0 Å². The zero-order valence-corrected chi connectivity index (χ0v) is 16.0. The van der Waals surface area contributed by atoms with Crippen LogP contribution in [-0.2, 0) is 4.79 Å². The number of piperidine rings is 2. The van der Waals surface area contributed by atoms with Gasteiger partial charge in [0.25, 0.3) is 0 Å². The molecule has 23 heavy (non-hydrogen) atoms. The van der Waals surface area contributed by atoms with Crippen LogP contribution >= 0.6 is 0 Å². The number of aliphatic carboxylic acids is 1. The largest absolute Gasteiger partial charge is 0.478 e. The van der Waals surface area contributed by atoms with Crippen LogP contribution in [0.1, 0.15) is 67.2 Å². The van der Waals surface area contributed by atoms with Gasteiger partial charge >= 0.3 is 5.97 Å². The average Bonchev–Trinajstić information content (AvgIpc) is 2.47. The second-order valence-electron chi connectivity index (χ2n) is 8.19. The molecule has 0 bridgehead atoms. The molecule has 0 amide bonds. The first-order chi connectivity index (χ1) is 10.5. The topological polar surface area (TPSA) is 43.8 Å². The van der Waals surface area contributed by atoms with Crippen LogP contribution in [0.5, 0.6) is 0 Å². The third kappa shape index (κ3) is 4.57. The van der Waals surface area contributed by atoms with Crippen molar-refractivity contribution in [3.05, 3.63) is 12.2 Å². The first kappa shape index (κ1) is 20.2. The second-order valence-corrected chi connectivity index (χ2v) is 8.19. The standard InChI is InChI=1S/C15H30N2.C4H6O2/c1-13-9-12-17(15(4,5)14(13,2)3)16-10-7-6-8-11-16;1-3(2)4(5)6/h13H,6-12H2,1-5H3;1H2,2H3,(H,5,6). The summed E-state index contributed by atoms with van der Waals surface area (Å²) in [6, 6.07) is 0. The molecule has 0 aromatic carbocycles. The minimum absolute atomic E-state index is 0.176. The van der Waals surface area contributed by atoms with Crippen molar-refractivity contribution < 1.29 is 9.90 Å². The molecular weight excluding hydrogens is 288 g/mol. The molecule has 134 valence electrons. The van der Waals surface area contributed by atoms with Gasteiger partial charge in [-0.2, -0.15) is 0 Å². The van der Waals surface area contributed by atoms with Gasteiger partial charge in [-0.3, -0.25) is 0 Å². The molecule has 2 aliphatic heterocycles. The SMILES string of the molecule is C=C(C)C(=O)O.CC1CCN(N2CCCCC2)C(C)(C)C1(C)C. The molecule has 0 aromatic rings. The molecule has 1 N–H and O–H groups in total. The highest BCUT2D eigenvalue weighted by Crippen LogP contribution is 2.47. The van der Waals surface area contributed by atoms with Crippen molar-refractivity contribution in [3.8, 4) is 0 Å². The van der Waals surface area contributed by atoms with E-state index in [9.17, 15) is 4.79 Å². The Morgan fingerprint density at radius 1 is 1.09 bits per heavy atom. The molecule has 0 aromatic heterocycles. The van der Waals surface area contributed by atoms with E-state index >= 15 is 0 Å². The molecule has 4 heteroatoms. The van der Waals surface area contributed by atoms with Crippen LogP contribution in [0.2, 0.25) is 0 Å². The summed E-state index contributed by atoms with van der Waals surface area (Å²) in [4.78, 5) is 9.60. The van der Waals surface area contributed by atoms with Gasteiger partial charge in [0.1, 0.15) is 0 Å². The Bertz CT molecular complexity index is 411. The van der Waals surface area contributed by atoms with Crippen LogP contribution in [0, 0.1) is 11.3 Å². The van der Waals surface area contributed by atoms with Crippen molar-refractivity contribution in [3.63, 3.8) is 0 Å². The lowest BCUT2D eigenvalue weighted by Crippen LogP contribution is -2.66. The van der Waals surface area contributed by atoms with Crippen molar-refractivity contribution in [2.75, 3.05) is 19.6 Å². The zero-order valence-electron chi connectivity index (χ0n) is 16.0. The highest BCUT2D eigenvalue weighted by Gasteiger charge is 2.49. The molecule has 2 rings (SSSR count). The maximum atomic E-state index is 9.60. The van der Waals surface area contributed by atoms with Gasteiger partial charge in [0.05, 0.1) is 0 Å². The Labute approximate surface area is 142 Å². The second kappa shape index (κ2) is 7.80. The van der Waals surface area contributed by atoms with Gasteiger partial charge in [-0.15, -0.1) is 0 Å². The van der Waals surface area contributed by atoms with Crippen LogP contribution in [0.3, 0.4) is 0 Å². The van der Waals surface area contributed by atoms with Gasteiger partial charge < -0.3 is 5.11 Å². The fourth-order valence-corrected chi connectivity index (χ4v) is 3.51. The van der Waals surface area contributed by atoms with Crippen LogP contribution < -0.4 is 0 Å². The van der Waals surface area contributed by atoms with E-state index in [4.69, 9.17) is 5.11 Å². The lowest BCUT2D eigenvalue weighted by atomic mass is 9.63. The molecule has 2 heterocycles. The van der Waals surface area contributed by atoms with Crippen molar-refractivity contribution in [1.29, 1.82) is 0 Å². The molecule has 0 radical (unpaired) electrons. The molecule has 2 aliphatic rings. The first-order valence-corrected chi connectivity index (χ1v) is 8.93. The van der Waals surface area contributed by atoms with Gasteiger partial charge in [-0.25, -0.2) is 14.8 Å². The minimum atomic E-state index is -0.935. The van der Waals surface area contributed by atoms with E-state index in [1.807, 2.05) is 0 Å². The number of rotatable bonds is 2. The monoisotopic (exact) mass is 324 g/mol. The van der Waals surface area contributed by atoms with Crippen LogP contribution in [0.25, 0.3) is 0 Å². The van der Waals surface area contributed by atoms with Gasteiger partial charge in [0.15, 0.2) is 0 Å². The first-order valence-electron chi connectivity index (χ1n) is 8.93. The maximum Gasteiger partial charge on any atom is 0.330 e. The minimum Gasteiger partial charge on any atom is -0.478 e. The Kier molecular flexibility index (Phi) is 6.84. The third-order valence-electron chi connectivity index (χ3n) is 6.27. The highest BCUT2D eigenvalue weighted by atomic mass is 16.4. The highest BCUT2D eigenvalue weighted by molar-refractivity contribution is 5.84. The van der Waals surface area contributed by atoms with Gasteiger partial charge in [-0.1, -0.05) is 33.8 Å². The molecule has 0 aliphatic carbocycles. The summed E-state index contributed by atoms with van der Waals surface area (Å²) >= 11 is 0. The number of hydrazine groups is 1. The van der Waals surface area contributed by atoms with Crippen LogP contribution in [-0.4, -0.2) is 46.3 Å². The smallest absolute Gasteiger partial charge is 0.330 e. The molecule has 2 fully saturated rings.